The molecule has 0 fully saturated rings. The Bertz CT molecular complexity index is 946. The van der Waals surface area contributed by atoms with E-state index in [9.17, 15) is 4.79 Å². The summed E-state index contributed by atoms with van der Waals surface area (Å²) >= 11 is 6.12. The van der Waals surface area contributed by atoms with E-state index in [0.29, 0.717) is 28.0 Å². The number of nitrogens with zero attached hydrogens (tertiary/aromatic N) is 3. The SMILES string of the molecule is COc1cc(Cl)c(C)cc1Nc1ncc(C(=O)N(C)c2ccccc2)cn1. The van der Waals surface area contributed by atoms with Gasteiger partial charge in [-0.15, -0.1) is 0 Å². The first kappa shape index (κ1) is 18.7. The van der Waals surface area contributed by atoms with E-state index in [-0.39, 0.29) is 5.91 Å². The third-order valence-corrected chi connectivity index (χ3v) is 4.48. The highest BCUT2D eigenvalue weighted by molar-refractivity contribution is 6.31. The van der Waals surface area contributed by atoms with E-state index in [4.69, 9.17) is 16.3 Å². The van der Waals surface area contributed by atoms with Gasteiger partial charge in [0.2, 0.25) is 5.95 Å². The van der Waals surface area contributed by atoms with Crippen LogP contribution in [0, 0.1) is 6.92 Å². The minimum Gasteiger partial charge on any atom is -0.495 e. The molecular weight excluding hydrogens is 364 g/mol. The lowest BCUT2D eigenvalue weighted by Gasteiger charge is -2.17. The van der Waals surface area contributed by atoms with E-state index >= 15 is 0 Å². The summed E-state index contributed by atoms with van der Waals surface area (Å²) < 4.78 is 5.33. The largest absolute Gasteiger partial charge is 0.495 e. The Hall–Kier alpha value is -3.12. The topological polar surface area (TPSA) is 67.3 Å². The number of anilines is 3. The second kappa shape index (κ2) is 8.05. The van der Waals surface area contributed by atoms with Gasteiger partial charge in [-0.2, -0.15) is 0 Å². The molecule has 3 aromatic rings. The van der Waals surface area contributed by atoms with Gasteiger partial charge in [0.25, 0.3) is 5.91 Å². The zero-order valence-corrected chi connectivity index (χ0v) is 16.0. The molecule has 2 aromatic carbocycles. The van der Waals surface area contributed by atoms with Crippen LogP contribution in [0.25, 0.3) is 0 Å². The Morgan fingerprint density at radius 3 is 2.44 bits per heavy atom. The lowest BCUT2D eigenvalue weighted by Crippen LogP contribution is -2.26. The monoisotopic (exact) mass is 382 g/mol. The lowest BCUT2D eigenvalue weighted by atomic mass is 10.2. The van der Waals surface area contributed by atoms with E-state index in [1.807, 2.05) is 43.3 Å². The van der Waals surface area contributed by atoms with Gasteiger partial charge in [-0.1, -0.05) is 29.8 Å². The Labute approximate surface area is 162 Å². The highest BCUT2D eigenvalue weighted by atomic mass is 35.5. The van der Waals surface area contributed by atoms with Gasteiger partial charge >= 0.3 is 0 Å². The highest BCUT2D eigenvalue weighted by Gasteiger charge is 2.15. The van der Waals surface area contributed by atoms with Crippen LogP contribution in [0.3, 0.4) is 0 Å². The predicted molar refractivity (Wildman–Crippen MR) is 107 cm³/mol. The Kier molecular flexibility index (Phi) is 5.57. The van der Waals surface area contributed by atoms with Crippen LogP contribution in [0.2, 0.25) is 5.02 Å². The average molecular weight is 383 g/mol. The van der Waals surface area contributed by atoms with Crippen LogP contribution in [0.15, 0.2) is 54.9 Å². The summed E-state index contributed by atoms with van der Waals surface area (Å²) in [5.74, 6) is 0.750. The number of benzene rings is 2. The third-order valence-electron chi connectivity index (χ3n) is 4.07. The standard InChI is InChI=1S/C20H19ClN4O2/c1-13-9-17(18(27-3)10-16(13)21)24-20-22-11-14(12-23-20)19(26)25(2)15-7-5-4-6-8-15/h4-12H,1-3H3,(H,22,23,24). The second-order valence-electron chi connectivity index (χ2n) is 5.92. The van der Waals surface area contributed by atoms with Crippen molar-refractivity contribution in [1.82, 2.24) is 9.97 Å². The maximum atomic E-state index is 12.6. The van der Waals surface area contributed by atoms with Crippen molar-refractivity contribution in [2.75, 3.05) is 24.4 Å². The number of rotatable bonds is 5. The fourth-order valence-corrected chi connectivity index (χ4v) is 2.67. The van der Waals surface area contributed by atoms with Crippen molar-refractivity contribution >= 4 is 34.8 Å². The zero-order chi connectivity index (χ0) is 19.4. The van der Waals surface area contributed by atoms with Crippen LogP contribution in [0.5, 0.6) is 5.75 Å². The van der Waals surface area contributed by atoms with Crippen molar-refractivity contribution in [1.29, 1.82) is 0 Å². The molecule has 1 heterocycles. The molecule has 0 spiro atoms. The molecule has 0 radical (unpaired) electrons. The lowest BCUT2D eigenvalue weighted by molar-refractivity contribution is 0.0992. The molecule has 0 aliphatic rings. The van der Waals surface area contributed by atoms with Crippen molar-refractivity contribution in [2.24, 2.45) is 0 Å². The number of nitrogens with one attached hydrogen (secondary N) is 1. The Morgan fingerprint density at radius 2 is 1.81 bits per heavy atom. The van der Waals surface area contributed by atoms with Gasteiger partial charge in [-0.3, -0.25) is 4.79 Å². The summed E-state index contributed by atoms with van der Waals surface area (Å²) in [5, 5.41) is 3.70. The fourth-order valence-electron chi connectivity index (χ4n) is 2.52. The van der Waals surface area contributed by atoms with Gasteiger partial charge in [0.15, 0.2) is 0 Å². The first-order valence-electron chi connectivity index (χ1n) is 8.26. The molecule has 1 N–H and O–H groups in total. The van der Waals surface area contributed by atoms with Crippen LogP contribution in [-0.2, 0) is 0 Å². The van der Waals surface area contributed by atoms with Gasteiger partial charge in [-0.25, -0.2) is 9.97 Å². The molecule has 0 saturated heterocycles. The molecule has 0 unspecified atom stereocenters. The summed E-state index contributed by atoms with van der Waals surface area (Å²) in [5.41, 5.74) is 2.79. The van der Waals surface area contributed by atoms with Crippen molar-refractivity contribution in [3.05, 3.63) is 71.0 Å². The van der Waals surface area contributed by atoms with Crippen LogP contribution < -0.4 is 15.0 Å². The highest BCUT2D eigenvalue weighted by Crippen LogP contribution is 2.32. The van der Waals surface area contributed by atoms with Crippen LogP contribution in [-0.4, -0.2) is 30.0 Å². The number of hydrogen-bond donors (Lipinski definition) is 1. The van der Waals surface area contributed by atoms with Crippen molar-refractivity contribution in [2.45, 2.75) is 6.92 Å². The van der Waals surface area contributed by atoms with Crippen molar-refractivity contribution in [3.63, 3.8) is 0 Å². The number of halogens is 1. The molecule has 27 heavy (non-hydrogen) atoms. The van der Waals surface area contributed by atoms with Gasteiger partial charge < -0.3 is 15.0 Å². The molecule has 1 amide bonds. The van der Waals surface area contributed by atoms with E-state index < -0.39 is 0 Å². The quantitative estimate of drug-likeness (QED) is 0.705. The maximum absolute atomic E-state index is 12.6. The molecule has 138 valence electrons. The fraction of sp³-hybridized carbons (Fsp3) is 0.150. The van der Waals surface area contributed by atoms with E-state index in [2.05, 4.69) is 15.3 Å². The number of aryl methyl sites for hydroxylation is 1. The molecule has 0 bridgehead atoms. The van der Waals surface area contributed by atoms with Crippen LogP contribution in [0.4, 0.5) is 17.3 Å². The molecule has 0 atom stereocenters. The number of ether oxygens (including phenoxy) is 1. The van der Waals surface area contributed by atoms with Crippen LogP contribution >= 0.6 is 11.6 Å². The Balaban J connectivity index is 1.78. The number of para-hydroxylation sites is 1. The van der Waals surface area contributed by atoms with Crippen molar-refractivity contribution in [3.8, 4) is 5.75 Å². The number of amides is 1. The molecule has 3 rings (SSSR count). The molecular formula is C20H19ClN4O2. The average Bonchev–Trinajstić information content (AvgIpc) is 2.70. The third kappa shape index (κ3) is 4.17. The zero-order valence-electron chi connectivity index (χ0n) is 15.2. The summed E-state index contributed by atoms with van der Waals surface area (Å²) in [6.45, 7) is 1.90. The number of aromatic nitrogens is 2. The maximum Gasteiger partial charge on any atom is 0.261 e. The normalized spacial score (nSPS) is 10.4. The smallest absolute Gasteiger partial charge is 0.261 e. The summed E-state index contributed by atoms with van der Waals surface area (Å²) in [6.07, 6.45) is 2.98. The summed E-state index contributed by atoms with van der Waals surface area (Å²) in [6, 6.07) is 13.0. The molecule has 7 heteroatoms. The number of hydrogen-bond acceptors (Lipinski definition) is 5. The number of carbonyl (C=O) groups is 1. The van der Waals surface area contributed by atoms with Crippen LogP contribution in [0.1, 0.15) is 15.9 Å². The van der Waals surface area contributed by atoms with Gasteiger partial charge in [0, 0.05) is 36.2 Å². The second-order valence-corrected chi connectivity index (χ2v) is 6.33. The number of methoxy groups -OCH3 is 1. The summed E-state index contributed by atoms with van der Waals surface area (Å²) in [7, 11) is 3.28. The predicted octanol–water partition coefficient (Wildman–Crippen LogP) is 4.47. The first-order valence-corrected chi connectivity index (χ1v) is 8.63. The van der Waals surface area contributed by atoms with Gasteiger partial charge in [-0.05, 0) is 30.7 Å². The van der Waals surface area contributed by atoms with E-state index in [1.54, 1.807) is 25.1 Å². The molecule has 0 saturated carbocycles. The Morgan fingerprint density at radius 1 is 1.15 bits per heavy atom. The minimum atomic E-state index is -0.187. The van der Waals surface area contributed by atoms with E-state index in [0.717, 1.165) is 11.3 Å². The molecule has 0 aliphatic heterocycles. The molecule has 6 nitrogen and oxygen atoms in total. The minimum absolute atomic E-state index is 0.187. The molecule has 1 aromatic heterocycles. The summed E-state index contributed by atoms with van der Waals surface area (Å²) in [4.78, 5) is 22.6. The van der Waals surface area contributed by atoms with Crippen molar-refractivity contribution < 1.29 is 9.53 Å². The van der Waals surface area contributed by atoms with Gasteiger partial charge in [0.05, 0.1) is 18.4 Å². The van der Waals surface area contributed by atoms with E-state index in [1.165, 1.54) is 12.4 Å². The molecule has 0 aliphatic carbocycles. The van der Waals surface area contributed by atoms with Gasteiger partial charge in [0.1, 0.15) is 5.75 Å². The first-order chi connectivity index (χ1) is 13.0. The number of carbonyl (C=O) groups excluding carboxylic acids is 1.